The van der Waals surface area contributed by atoms with Crippen molar-refractivity contribution in [2.75, 3.05) is 76.8 Å². The van der Waals surface area contributed by atoms with Crippen LogP contribution in [0.4, 0.5) is 34.1 Å². The summed E-state index contributed by atoms with van der Waals surface area (Å²) in [6, 6.07) is 36.6. The monoisotopic (exact) mass is 1860 g/mol. The standard InChI is InChI=1S/C37H45N7O5S.C29H35N7O4S.C29H37N7O4S/c1-24-15-16-26(34(45)39-28-18-27(36(2,3)4)19-29(33(28)48-8)41-50(9,46)47)17-31(24)44-21-30(40-42-44)32-20-38-35(43(32)7)37(5,6)23-49-22-25-13-11-10-12-14-25;1-18-8-9-19(12-24(18)36-16-23(32-34-36)25-15-30-17-35(25)28(2,3)4)27(37)31-21-13-20(29(5)10-11-29)14-22(26(21)40-6)33-41(7,38)39;1-18-10-11-19(12-24(18)36-16-23(32-34-36)25-15-30-17-35(25)29(5,6)7)27(37)31-21-13-20(28(2,3)4)14-22(26(21)40-8)33-41(9,38)39/h10-21,41H,22-23H2,1-9H3,(H,39,45);8-9,12-17,33H,10-11H2,1-7H3,(H,31,37);10-17,33H,1-9H3,(H,31,37). The summed E-state index contributed by atoms with van der Waals surface area (Å²) >= 11 is 0. The number of sulfonamides is 3. The number of anilines is 6. The van der Waals surface area contributed by atoms with Crippen LogP contribution in [0.15, 0.2) is 171 Å². The summed E-state index contributed by atoms with van der Waals surface area (Å²) < 4.78 is 114. The lowest BCUT2D eigenvalue weighted by molar-refractivity contribution is 0.0787. The van der Waals surface area contributed by atoms with Gasteiger partial charge in [-0.3, -0.25) is 28.5 Å². The maximum atomic E-state index is 13.7. The third-order valence-corrected chi connectivity index (χ3v) is 24.0. The molecule has 1 aliphatic carbocycles. The highest BCUT2D eigenvalue weighted by Crippen LogP contribution is 2.51. The minimum absolute atomic E-state index is 0.0795. The van der Waals surface area contributed by atoms with Crippen LogP contribution in [0.2, 0.25) is 0 Å². The second-order valence-corrected chi connectivity index (χ2v) is 43.3. The van der Waals surface area contributed by atoms with E-state index in [0.29, 0.717) is 81.1 Å². The topological polar surface area (TPSA) is 408 Å². The van der Waals surface area contributed by atoms with Gasteiger partial charge in [-0.2, -0.15) is 0 Å². The third kappa shape index (κ3) is 23.3. The van der Waals surface area contributed by atoms with E-state index >= 15 is 0 Å². The zero-order valence-corrected chi connectivity index (χ0v) is 81.7. The summed E-state index contributed by atoms with van der Waals surface area (Å²) in [5.74, 6) is 0.318. The molecular weight excluding hydrogens is 1740 g/mol. The van der Waals surface area contributed by atoms with Gasteiger partial charge in [-0.05, 0) is 203 Å². The van der Waals surface area contributed by atoms with E-state index in [1.165, 1.54) is 21.3 Å². The minimum atomic E-state index is -3.62. The number of benzene rings is 7. The van der Waals surface area contributed by atoms with Crippen molar-refractivity contribution in [3.8, 4) is 68.5 Å². The lowest BCUT2D eigenvalue weighted by Crippen LogP contribution is -2.28. The number of amides is 3. The van der Waals surface area contributed by atoms with Crippen molar-refractivity contribution >= 4 is 81.9 Å². The number of nitrogens with zero attached hydrogens (tertiary/aromatic N) is 15. The quantitative estimate of drug-likeness (QED) is 0.0278. The van der Waals surface area contributed by atoms with Crippen LogP contribution in [-0.4, -0.2) is 163 Å². The van der Waals surface area contributed by atoms with Crippen molar-refractivity contribution in [1.82, 2.24) is 73.6 Å². The van der Waals surface area contributed by atoms with Crippen molar-refractivity contribution in [1.29, 1.82) is 0 Å². The number of carbonyl (C=O) groups excluding carboxylic acids is 3. The molecule has 6 N–H and O–H groups in total. The number of hydrogen-bond donors (Lipinski definition) is 6. The van der Waals surface area contributed by atoms with E-state index in [9.17, 15) is 39.6 Å². The second-order valence-electron chi connectivity index (χ2n) is 38.0. The molecule has 0 atom stereocenters. The van der Waals surface area contributed by atoms with E-state index in [4.69, 9.17) is 23.9 Å². The molecule has 1 aliphatic rings. The van der Waals surface area contributed by atoms with Crippen LogP contribution < -0.4 is 44.3 Å². The first-order chi connectivity index (χ1) is 61.6. The number of hydrogen-bond acceptors (Lipinski definition) is 22. The summed E-state index contributed by atoms with van der Waals surface area (Å²) in [5.41, 5.74) is 14.3. The maximum Gasteiger partial charge on any atom is 0.255 e. The molecule has 14 rings (SSSR count). The molecule has 0 saturated heterocycles. The Morgan fingerprint density at radius 1 is 0.447 bits per heavy atom. The van der Waals surface area contributed by atoms with Gasteiger partial charge < -0.3 is 48.6 Å². The zero-order valence-electron chi connectivity index (χ0n) is 79.2. The minimum Gasteiger partial charge on any atom is -0.492 e. The van der Waals surface area contributed by atoms with Gasteiger partial charge in [-0.1, -0.05) is 126 Å². The van der Waals surface area contributed by atoms with Gasteiger partial charge in [-0.25, -0.2) is 54.3 Å². The Morgan fingerprint density at radius 2 is 0.788 bits per heavy atom. The van der Waals surface area contributed by atoms with Crippen LogP contribution in [0.1, 0.15) is 193 Å². The number of ether oxygens (including phenoxy) is 4. The number of imidazole rings is 3. The number of rotatable bonds is 27. The fourth-order valence-electron chi connectivity index (χ4n) is 14.8. The molecule has 6 heterocycles. The Morgan fingerprint density at radius 3 is 1.13 bits per heavy atom. The molecule has 34 nitrogen and oxygen atoms in total. The van der Waals surface area contributed by atoms with Gasteiger partial charge in [0.15, 0.2) is 17.2 Å². The molecule has 37 heteroatoms. The summed E-state index contributed by atoms with van der Waals surface area (Å²) in [7, 11) is -4.56. The van der Waals surface area contributed by atoms with Gasteiger partial charge in [0.05, 0.1) is 171 Å². The first-order valence-corrected chi connectivity index (χ1v) is 48.2. The summed E-state index contributed by atoms with van der Waals surface area (Å²) in [5, 5.41) is 35.0. The Hall–Kier alpha value is -13.4. The molecule has 0 unspecified atom stereocenters. The van der Waals surface area contributed by atoms with Gasteiger partial charge in [0.2, 0.25) is 30.1 Å². The Bertz CT molecular complexity index is 6610. The normalized spacial score (nSPS) is 12.9. The van der Waals surface area contributed by atoms with E-state index in [-0.39, 0.29) is 73.0 Å². The van der Waals surface area contributed by atoms with E-state index in [1.54, 1.807) is 112 Å². The predicted molar refractivity (Wildman–Crippen MR) is 514 cm³/mol. The predicted octanol–water partition coefficient (Wildman–Crippen LogP) is 16.4. The van der Waals surface area contributed by atoms with Gasteiger partial charge in [0, 0.05) is 40.2 Å². The number of aromatic nitrogens is 15. The van der Waals surface area contributed by atoms with Gasteiger partial charge >= 0.3 is 0 Å². The van der Waals surface area contributed by atoms with Crippen molar-refractivity contribution in [2.45, 2.75) is 177 Å². The van der Waals surface area contributed by atoms with Crippen LogP contribution in [0.5, 0.6) is 17.2 Å². The molecule has 0 aliphatic heterocycles. The van der Waals surface area contributed by atoms with Crippen molar-refractivity contribution in [3.63, 3.8) is 0 Å². The number of methoxy groups -OCH3 is 3. The zero-order chi connectivity index (χ0) is 96.5. The van der Waals surface area contributed by atoms with Crippen molar-refractivity contribution < 1.29 is 58.6 Å². The number of aryl methyl sites for hydroxylation is 3. The molecule has 0 radical (unpaired) electrons. The molecule has 1 fully saturated rings. The molecule has 13 aromatic rings. The molecule has 1 saturated carbocycles. The van der Waals surface area contributed by atoms with E-state index in [0.717, 1.165) is 93.5 Å². The summed E-state index contributed by atoms with van der Waals surface area (Å²) in [6.07, 6.45) is 19.4. The average molecular weight is 1860 g/mol. The molecule has 132 heavy (non-hydrogen) atoms. The summed E-state index contributed by atoms with van der Waals surface area (Å²) in [4.78, 5) is 54.1. The Labute approximate surface area is 771 Å². The second kappa shape index (κ2) is 37.8. The lowest BCUT2D eigenvalue weighted by atomic mass is 9.86. The lowest BCUT2D eigenvalue weighted by Gasteiger charge is -2.24. The molecule has 0 bridgehead atoms. The Kier molecular flexibility index (Phi) is 28.0. The molecular formula is C95H117N21O13S3. The van der Waals surface area contributed by atoms with Crippen LogP contribution in [-0.2, 0) is 81.2 Å². The molecule has 698 valence electrons. The molecule has 7 aromatic carbocycles. The molecule has 6 aromatic heterocycles. The first kappa shape index (κ1) is 97.7. The molecule has 3 amide bonds. The van der Waals surface area contributed by atoms with Crippen LogP contribution in [0.25, 0.3) is 51.2 Å². The maximum absolute atomic E-state index is 13.7. The Balaban J connectivity index is 0.000000180. The van der Waals surface area contributed by atoms with E-state index < -0.39 is 41.9 Å². The highest BCUT2D eigenvalue weighted by molar-refractivity contribution is 7.92. The SMILES string of the molecule is COc1c(NC(=O)c2ccc(C)c(-n3cc(-c4cnc(C(C)(C)COCc5ccccc5)n4C)nn3)c2)cc(C(C)(C)C)cc1NS(C)(=O)=O.COc1c(NC(=O)c2ccc(C)c(-n3cc(-c4cncn4C(C)(C)C)nn3)c2)cc(C(C)(C)C)cc1NS(C)(=O)=O.COc1c(NC(=O)c2ccc(C)c(-n3cc(-c4cncn4C(C)(C)C)nn3)c2)cc(C2(C)CC2)cc1NS(C)(=O)=O. The fourth-order valence-corrected chi connectivity index (χ4v) is 16.4. The van der Waals surface area contributed by atoms with Crippen molar-refractivity contribution in [3.05, 3.63) is 233 Å². The first-order valence-electron chi connectivity index (χ1n) is 42.5. The van der Waals surface area contributed by atoms with E-state index in [1.807, 2.05) is 156 Å². The van der Waals surface area contributed by atoms with Crippen LogP contribution in [0, 0.1) is 20.8 Å². The fraction of sp³-hybridized carbons (Fsp3) is 0.368. The van der Waals surface area contributed by atoms with Gasteiger partial charge in [0.1, 0.15) is 22.9 Å². The third-order valence-electron chi connectivity index (χ3n) is 22.3. The van der Waals surface area contributed by atoms with E-state index in [2.05, 4.69) is 133 Å². The van der Waals surface area contributed by atoms with Gasteiger partial charge in [-0.15, -0.1) is 15.3 Å². The highest BCUT2D eigenvalue weighted by atomic mass is 32.2. The average Bonchev–Trinajstić information content (AvgIpc) is 1.61. The smallest absolute Gasteiger partial charge is 0.255 e. The largest absolute Gasteiger partial charge is 0.492 e. The number of carbonyl (C=O) groups is 3. The summed E-state index contributed by atoms with van der Waals surface area (Å²) in [6.45, 7) is 37.6. The number of nitrogens with one attached hydrogen (secondary N) is 6. The highest BCUT2D eigenvalue weighted by Gasteiger charge is 2.41. The van der Waals surface area contributed by atoms with Gasteiger partial charge in [0.25, 0.3) is 17.7 Å². The van der Waals surface area contributed by atoms with Crippen LogP contribution in [0.3, 0.4) is 0 Å². The van der Waals surface area contributed by atoms with Crippen LogP contribution >= 0.6 is 0 Å². The van der Waals surface area contributed by atoms with Crippen molar-refractivity contribution in [2.24, 2.45) is 7.05 Å². The molecule has 0 spiro atoms.